The predicted molar refractivity (Wildman–Crippen MR) is 102 cm³/mol. The first kappa shape index (κ1) is 18.4. The van der Waals surface area contributed by atoms with Crippen molar-refractivity contribution in [2.75, 3.05) is 13.1 Å². The number of rotatable bonds is 5. The van der Waals surface area contributed by atoms with Gasteiger partial charge in [-0.3, -0.25) is 15.6 Å². The van der Waals surface area contributed by atoms with Gasteiger partial charge in [-0.1, -0.05) is 51.1 Å². The summed E-state index contributed by atoms with van der Waals surface area (Å²) < 4.78 is 0. The second-order valence-corrected chi connectivity index (χ2v) is 8.22. The van der Waals surface area contributed by atoms with Crippen molar-refractivity contribution in [3.05, 3.63) is 35.9 Å². The van der Waals surface area contributed by atoms with Gasteiger partial charge in [0.2, 0.25) is 5.91 Å². The molecular weight excluding hydrogens is 310 g/mol. The van der Waals surface area contributed by atoms with Crippen molar-refractivity contribution in [1.82, 2.24) is 15.8 Å². The summed E-state index contributed by atoms with van der Waals surface area (Å²) in [7, 11) is 0. The standard InChI is InChI=1S/C21H33N3O/c1-15(2)19-14-20(23-22-19)18-9-11-24(12-10-18)21(25)13-16(3)17-7-5-4-6-8-17/h4-8,15-16,18-20,22-23H,9-14H2,1-3H3/t16-,19?,20?/m1/s1. The highest BCUT2D eigenvalue weighted by molar-refractivity contribution is 5.77. The van der Waals surface area contributed by atoms with Crippen LogP contribution in [0.4, 0.5) is 0 Å². The summed E-state index contributed by atoms with van der Waals surface area (Å²) in [6, 6.07) is 11.5. The van der Waals surface area contributed by atoms with Gasteiger partial charge in [0.1, 0.15) is 0 Å². The van der Waals surface area contributed by atoms with E-state index >= 15 is 0 Å². The molecule has 0 spiro atoms. The van der Waals surface area contributed by atoms with Crippen molar-refractivity contribution >= 4 is 5.91 Å². The molecule has 2 N–H and O–H groups in total. The van der Waals surface area contributed by atoms with Gasteiger partial charge < -0.3 is 4.90 Å². The maximum absolute atomic E-state index is 12.6. The Balaban J connectivity index is 1.45. The van der Waals surface area contributed by atoms with Gasteiger partial charge in [0, 0.05) is 31.6 Å². The molecule has 0 aromatic heterocycles. The molecule has 4 nitrogen and oxygen atoms in total. The fraction of sp³-hybridized carbons (Fsp3) is 0.667. The fourth-order valence-electron chi connectivity index (χ4n) is 4.20. The Kier molecular flexibility index (Phi) is 6.13. The molecule has 3 atom stereocenters. The van der Waals surface area contributed by atoms with Crippen molar-refractivity contribution in [3.63, 3.8) is 0 Å². The molecule has 2 fully saturated rings. The van der Waals surface area contributed by atoms with Crippen LogP contribution in [0.3, 0.4) is 0 Å². The highest BCUT2D eigenvalue weighted by Crippen LogP contribution is 2.28. The first-order valence-corrected chi connectivity index (χ1v) is 9.88. The highest BCUT2D eigenvalue weighted by Gasteiger charge is 2.34. The van der Waals surface area contributed by atoms with Crippen LogP contribution in [0.2, 0.25) is 0 Å². The number of hydrazine groups is 1. The number of hydrogen-bond donors (Lipinski definition) is 2. The van der Waals surface area contributed by atoms with Crippen LogP contribution >= 0.6 is 0 Å². The number of nitrogens with one attached hydrogen (secondary N) is 2. The van der Waals surface area contributed by atoms with Gasteiger partial charge in [-0.2, -0.15) is 0 Å². The van der Waals surface area contributed by atoms with E-state index in [1.807, 2.05) is 6.07 Å². The van der Waals surface area contributed by atoms with Crippen LogP contribution < -0.4 is 10.9 Å². The van der Waals surface area contributed by atoms with E-state index < -0.39 is 0 Å². The minimum absolute atomic E-state index is 0.291. The molecule has 1 aromatic carbocycles. The van der Waals surface area contributed by atoms with Gasteiger partial charge in [-0.15, -0.1) is 0 Å². The summed E-state index contributed by atoms with van der Waals surface area (Å²) in [5, 5.41) is 0. The Hall–Kier alpha value is -1.39. The molecule has 138 valence electrons. The molecule has 4 heteroatoms. The molecule has 0 saturated carbocycles. The lowest BCUT2D eigenvalue weighted by Gasteiger charge is -2.35. The van der Waals surface area contributed by atoms with Crippen molar-refractivity contribution in [3.8, 4) is 0 Å². The summed E-state index contributed by atoms with van der Waals surface area (Å²) in [5.41, 5.74) is 8.21. The molecule has 2 heterocycles. The lowest BCUT2D eigenvalue weighted by molar-refractivity contribution is -0.133. The van der Waals surface area contributed by atoms with Crippen molar-refractivity contribution in [2.45, 2.75) is 64.5 Å². The van der Waals surface area contributed by atoms with E-state index in [9.17, 15) is 4.79 Å². The van der Waals surface area contributed by atoms with Gasteiger partial charge in [0.25, 0.3) is 0 Å². The van der Waals surface area contributed by atoms with Crippen LogP contribution in [-0.2, 0) is 4.79 Å². The third-order valence-corrected chi connectivity index (χ3v) is 6.08. The highest BCUT2D eigenvalue weighted by atomic mass is 16.2. The quantitative estimate of drug-likeness (QED) is 0.862. The Morgan fingerprint density at radius 1 is 1.12 bits per heavy atom. The number of likely N-dealkylation sites (tertiary alicyclic amines) is 1. The van der Waals surface area contributed by atoms with Gasteiger partial charge in [0.15, 0.2) is 0 Å². The maximum Gasteiger partial charge on any atom is 0.223 e. The topological polar surface area (TPSA) is 44.4 Å². The largest absolute Gasteiger partial charge is 0.343 e. The lowest BCUT2D eigenvalue weighted by Crippen LogP contribution is -2.45. The molecule has 2 aliphatic heterocycles. The summed E-state index contributed by atoms with van der Waals surface area (Å²) in [4.78, 5) is 14.7. The molecule has 0 bridgehead atoms. The number of nitrogens with zero attached hydrogens (tertiary/aromatic N) is 1. The lowest BCUT2D eigenvalue weighted by atomic mass is 9.85. The Morgan fingerprint density at radius 2 is 1.80 bits per heavy atom. The Labute approximate surface area is 152 Å². The summed E-state index contributed by atoms with van der Waals surface area (Å²) in [6.45, 7) is 8.53. The van der Waals surface area contributed by atoms with Gasteiger partial charge in [0.05, 0.1) is 0 Å². The average molecular weight is 344 g/mol. The van der Waals surface area contributed by atoms with Crippen molar-refractivity contribution in [1.29, 1.82) is 0 Å². The zero-order valence-corrected chi connectivity index (χ0v) is 15.9. The van der Waals surface area contributed by atoms with Crippen LogP contribution in [0.25, 0.3) is 0 Å². The number of benzene rings is 1. The van der Waals surface area contributed by atoms with Crippen molar-refractivity contribution in [2.24, 2.45) is 11.8 Å². The van der Waals surface area contributed by atoms with Crippen LogP contribution in [0, 0.1) is 11.8 Å². The first-order valence-electron chi connectivity index (χ1n) is 9.88. The van der Waals surface area contributed by atoms with E-state index in [-0.39, 0.29) is 0 Å². The molecule has 0 aliphatic carbocycles. The van der Waals surface area contributed by atoms with Crippen LogP contribution in [0.15, 0.2) is 30.3 Å². The molecule has 2 aliphatic rings. The molecule has 1 aromatic rings. The maximum atomic E-state index is 12.6. The predicted octanol–water partition coefficient (Wildman–Crippen LogP) is 3.31. The summed E-state index contributed by atoms with van der Waals surface area (Å²) in [5.74, 6) is 1.96. The second kappa shape index (κ2) is 8.33. The van der Waals surface area contributed by atoms with Crippen LogP contribution in [0.5, 0.6) is 0 Å². The van der Waals surface area contributed by atoms with Crippen LogP contribution in [0.1, 0.15) is 57.9 Å². The number of carbonyl (C=O) groups excluding carboxylic acids is 1. The van der Waals surface area contributed by atoms with Gasteiger partial charge in [-0.05, 0) is 42.6 Å². The average Bonchev–Trinajstić information content (AvgIpc) is 3.13. The third kappa shape index (κ3) is 4.62. The number of piperidine rings is 1. The normalized spacial score (nSPS) is 26.2. The summed E-state index contributed by atoms with van der Waals surface area (Å²) in [6.07, 6.45) is 4.07. The van der Waals surface area contributed by atoms with E-state index in [1.165, 1.54) is 12.0 Å². The van der Waals surface area contributed by atoms with E-state index in [4.69, 9.17) is 0 Å². The molecule has 25 heavy (non-hydrogen) atoms. The summed E-state index contributed by atoms with van der Waals surface area (Å²) >= 11 is 0. The number of hydrogen-bond acceptors (Lipinski definition) is 3. The number of amides is 1. The molecule has 3 rings (SSSR count). The zero-order chi connectivity index (χ0) is 17.8. The number of carbonyl (C=O) groups is 1. The minimum atomic E-state index is 0.291. The molecule has 1 amide bonds. The van der Waals surface area contributed by atoms with E-state index in [1.54, 1.807) is 0 Å². The van der Waals surface area contributed by atoms with Gasteiger partial charge >= 0.3 is 0 Å². The van der Waals surface area contributed by atoms with Crippen molar-refractivity contribution < 1.29 is 4.79 Å². The van der Waals surface area contributed by atoms with E-state index in [0.717, 1.165) is 25.9 Å². The minimum Gasteiger partial charge on any atom is -0.343 e. The zero-order valence-electron chi connectivity index (χ0n) is 15.9. The van der Waals surface area contributed by atoms with Gasteiger partial charge in [-0.25, -0.2) is 0 Å². The molecular formula is C21H33N3O. The Bertz CT molecular complexity index is 552. The molecule has 2 unspecified atom stereocenters. The Morgan fingerprint density at radius 3 is 2.40 bits per heavy atom. The molecule has 0 radical (unpaired) electrons. The first-order chi connectivity index (χ1) is 12.0. The second-order valence-electron chi connectivity index (χ2n) is 8.22. The fourth-order valence-corrected chi connectivity index (χ4v) is 4.20. The SMILES string of the molecule is CC(C)C1CC(C2CCN(C(=O)C[C@@H](C)c3ccccc3)CC2)NN1. The van der Waals surface area contributed by atoms with E-state index in [0.29, 0.717) is 42.2 Å². The smallest absolute Gasteiger partial charge is 0.223 e. The third-order valence-electron chi connectivity index (χ3n) is 6.08. The van der Waals surface area contributed by atoms with Crippen LogP contribution in [-0.4, -0.2) is 36.0 Å². The molecule has 2 saturated heterocycles. The van der Waals surface area contributed by atoms with E-state index in [2.05, 4.69) is 60.8 Å². The monoisotopic (exact) mass is 343 g/mol.